The molecule has 1 aliphatic heterocycles. The van der Waals surface area contributed by atoms with Gasteiger partial charge in [-0.05, 0) is 35.3 Å². The lowest BCUT2D eigenvalue weighted by Gasteiger charge is -2.35. The monoisotopic (exact) mass is 365 g/mol. The van der Waals surface area contributed by atoms with E-state index in [0.717, 1.165) is 24.0 Å². The number of aliphatic hydroxyl groups excluding tert-OH is 1. The molecule has 3 nitrogen and oxygen atoms in total. The summed E-state index contributed by atoms with van der Waals surface area (Å²) in [5, 5.41) is 11.2. The molecule has 3 heteroatoms. The normalized spacial score (nSPS) is 20.8. The molecular formula is C24H31NO2. The van der Waals surface area contributed by atoms with Crippen molar-refractivity contribution in [3.05, 3.63) is 71.8 Å². The molecule has 0 aromatic heterocycles. The molecule has 1 saturated heterocycles. The van der Waals surface area contributed by atoms with Crippen LogP contribution in [0.4, 0.5) is 0 Å². The van der Waals surface area contributed by atoms with Crippen LogP contribution in [0.5, 0.6) is 0 Å². The highest BCUT2D eigenvalue weighted by Crippen LogP contribution is 2.40. The van der Waals surface area contributed by atoms with Gasteiger partial charge >= 0.3 is 0 Å². The number of nitrogens with zero attached hydrogens (tertiary/aromatic N) is 1. The van der Waals surface area contributed by atoms with Gasteiger partial charge in [-0.15, -0.1) is 0 Å². The second kappa shape index (κ2) is 8.26. The summed E-state index contributed by atoms with van der Waals surface area (Å²) >= 11 is 0. The molecule has 3 atom stereocenters. The molecule has 1 fully saturated rings. The standard InChI is InChI=1S/C24H31NO2/c1-24(2,3)20-14-15-21(26)25(17-16-20)22(18-10-6-4-7-11-18)23(27)19-12-8-5-9-13-19/h4-13,20,22-23,27H,14-17H2,1-3H3/t20-,22-,23+/m1/s1. The Hall–Kier alpha value is -2.13. The highest BCUT2D eigenvalue weighted by atomic mass is 16.3. The first-order valence-electron chi connectivity index (χ1n) is 9.95. The number of carbonyl (C=O) groups is 1. The van der Waals surface area contributed by atoms with Crippen molar-refractivity contribution in [1.29, 1.82) is 0 Å². The Balaban J connectivity index is 1.94. The molecule has 0 unspecified atom stereocenters. The van der Waals surface area contributed by atoms with Crippen LogP contribution in [-0.2, 0) is 4.79 Å². The van der Waals surface area contributed by atoms with Crippen molar-refractivity contribution in [2.24, 2.45) is 11.3 Å². The average Bonchev–Trinajstić information content (AvgIpc) is 2.86. The quantitative estimate of drug-likeness (QED) is 0.815. The van der Waals surface area contributed by atoms with Gasteiger partial charge in [0.15, 0.2) is 0 Å². The van der Waals surface area contributed by atoms with Crippen LogP contribution in [0.3, 0.4) is 0 Å². The van der Waals surface area contributed by atoms with Gasteiger partial charge in [-0.2, -0.15) is 0 Å². The van der Waals surface area contributed by atoms with E-state index in [1.807, 2.05) is 65.6 Å². The number of rotatable bonds is 4. The smallest absolute Gasteiger partial charge is 0.223 e. The molecule has 0 saturated carbocycles. The molecule has 0 aliphatic carbocycles. The predicted octanol–water partition coefficient (Wildman–Crippen LogP) is 5.14. The van der Waals surface area contributed by atoms with Crippen molar-refractivity contribution in [1.82, 2.24) is 4.90 Å². The van der Waals surface area contributed by atoms with E-state index < -0.39 is 6.10 Å². The van der Waals surface area contributed by atoms with E-state index in [1.54, 1.807) is 0 Å². The number of benzene rings is 2. The summed E-state index contributed by atoms with van der Waals surface area (Å²) in [6.07, 6.45) is 1.69. The Morgan fingerprint density at radius 1 is 0.926 bits per heavy atom. The number of hydrogen-bond acceptors (Lipinski definition) is 2. The zero-order valence-electron chi connectivity index (χ0n) is 16.6. The third kappa shape index (κ3) is 4.59. The first-order chi connectivity index (χ1) is 12.9. The number of aliphatic hydroxyl groups is 1. The molecule has 1 amide bonds. The van der Waals surface area contributed by atoms with Crippen molar-refractivity contribution in [2.75, 3.05) is 6.54 Å². The van der Waals surface area contributed by atoms with Gasteiger partial charge in [0.1, 0.15) is 6.10 Å². The summed E-state index contributed by atoms with van der Waals surface area (Å²) in [5.74, 6) is 0.655. The SMILES string of the molecule is CC(C)(C)[C@@H]1CCC(=O)N([C@H](c2ccccc2)[C@@H](O)c2ccccc2)CC1. The van der Waals surface area contributed by atoms with E-state index in [1.165, 1.54) is 0 Å². The van der Waals surface area contributed by atoms with Gasteiger partial charge in [-0.25, -0.2) is 0 Å². The van der Waals surface area contributed by atoms with Gasteiger partial charge < -0.3 is 10.0 Å². The minimum absolute atomic E-state index is 0.144. The Bertz CT molecular complexity index is 736. The Morgan fingerprint density at radius 2 is 1.48 bits per heavy atom. The maximum atomic E-state index is 13.1. The third-order valence-electron chi connectivity index (χ3n) is 5.89. The molecule has 3 rings (SSSR count). The molecule has 144 valence electrons. The second-order valence-corrected chi connectivity index (χ2v) is 8.69. The minimum Gasteiger partial charge on any atom is -0.386 e. The summed E-state index contributed by atoms with van der Waals surface area (Å²) in [6, 6.07) is 19.2. The lowest BCUT2D eigenvalue weighted by molar-refractivity contribution is -0.136. The summed E-state index contributed by atoms with van der Waals surface area (Å²) < 4.78 is 0. The molecule has 1 aliphatic rings. The van der Waals surface area contributed by atoms with Gasteiger partial charge in [0.25, 0.3) is 0 Å². The first-order valence-corrected chi connectivity index (χ1v) is 9.95. The zero-order chi connectivity index (χ0) is 19.4. The van der Waals surface area contributed by atoms with Crippen molar-refractivity contribution in [2.45, 2.75) is 52.2 Å². The zero-order valence-corrected chi connectivity index (χ0v) is 16.6. The number of likely N-dealkylation sites (tertiary alicyclic amines) is 1. The third-order valence-corrected chi connectivity index (χ3v) is 5.89. The lowest BCUT2D eigenvalue weighted by atomic mass is 9.76. The van der Waals surface area contributed by atoms with Crippen LogP contribution in [0, 0.1) is 11.3 Å². The summed E-state index contributed by atoms with van der Waals surface area (Å²) in [6.45, 7) is 7.45. The molecular weight excluding hydrogens is 334 g/mol. The molecule has 27 heavy (non-hydrogen) atoms. The van der Waals surface area contributed by atoms with Crippen LogP contribution in [0.25, 0.3) is 0 Å². The van der Waals surface area contributed by atoms with Gasteiger partial charge in [0, 0.05) is 13.0 Å². The topological polar surface area (TPSA) is 40.5 Å². The fourth-order valence-electron chi connectivity index (χ4n) is 4.18. The van der Waals surface area contributed by atoms with Gasteiger partial charge in [-0.3, -0.25) is 4.79 Å². The summed E-state index contributed by atoms with van der Waals surface area (Å²) in [7, 11) is 0. The van der Waals surface area contributed by atoms with Gasteiger partial charge in [0.05, 0.1) is 6.04 Å². The van der Waals surface area contributed by atoms with E-state index in [-0.39, 0.29) is 17.4 Å². The molecule has 1 N–H and O–H groups in total. The van der Waals surface area contributed by atoms with E-state index >= 15 is 0 Å². The van der Waals surface area contributed by atoms with E-state index in [0.29, 0.717) is 18.9 Å². The van der Waals surface area contributed by atoms with Crippen molar-refractivity contribution < 1.29 is 9.90 Å². The Kier molecular flexibility index (Phi) is 6.01. The average molecular weight is 366 g/mol. The number of carbonyl (C=O) groups excluding carboxylic acids is 1. The second-order valence-electron chi connectivity index (χ2n) is 8.69. The summed E-state index contributed by atoms with van der Waals surface area (Å²) in [5.41, 5.74) is 2.02. The molecule has 2 aromatic rings. The maximum absolute atomic E-state index is 13.1. The first kappa shape index (κ1) is 19.6. The Labute approximate surface area is 163 Å². The molecule has 0 radical (unpaired) electrons. The van der Waals surface area contributed by atoms with Crippen molar-refractivity contribution in [3.8, 4) is 0 Å². The van der Waals surface area contributed by atoms with E-state index in [9.17, 15) is 9.90 Å². The van der Waals surface area contributed by atoms with Crippen molar-refractivity contribution >= 4 is 5.91 Å². The van der Waals surface area contributed by atoms with E-state index in [2.05, 4.69) is 20.8 Å². The maximum Gasteiger partial charge on any atom is 0.223 e. The van der Waals surface area contributed by atoms with E-state index in [4.69, 9.17) is 0 Å². The fourth-order valence-corrected chi connectivity index (χ4v) is 4.18. The summed E-state index contributed by atoms with van der Waals surface area (Å²) in [4.78, 5) is 15.0. The molecule has 0 spiro atoms. The van der Waals surface area contributed by atoms with Crippen LogP contribution in [0.2, 0.25) is 0 Å². The molecule has 0 bridgehead atoms. The number of hydrogen-bond donors (Lipinski definition) is 1. The van der Waals surface area contributed by atoms with Crippen LogP contribution in [-0.4, -0.2) is 22.5 Å². The molecule has 2 aromatic carbocycles. The highest BCUT2D eigenvalue weighted by molar-refractivity contribution is 5.77. The fraction of sp³-hybridized carbons (Fsp3) is 0.458. The molecule has 1 heterocycles. The Morgan fingerprint density at radius 3 is 2.04 bits per heavy atom. The highest BCUT2D eigenvalue weighted by Gasteiger charge is 2.36. The van der Waals surface area contributed by atoms with Crippen LogP contribution in [0.15, 0.2) is 60.7 Å². The lowest BCUT2D eigenvalue weighted by Crippen LogP contribution is -2.38. The predicted molar refractivity (Wildman–Crippen MR) is 109 cm³/mol. The van der Waals surface area contributed by atoms with Crippen LogP contribution < -0.4 is 0 Å². The minimum atomic E-state index is -0.747. The van der Waals surface area contributed by atoms with Gasteiger partial charge in [0.2, 0.25) is 5.91 Å². The van der Waals surface area contributed by atoms with Gasteiger partial charge in [-0.1, -0.05) is 81.4 Å². The van der Waals surface area contributed by atoms with Crippen molar-refractivity contribution in [3.63, 3.8) is 0 Å². The largest absolute Gasteiger partial charge is 0.386 e. The van der Waals surface area contributed by atoms with Crippen LogP contribution in [0.1, 0.15) is 63.3 Å². The van der Waals surface area contributed by atoms with Crippen LogP contribution >= 0.6 is 0 Å². The number of amides is 1.